The number of rotatable bonds is 8. The Bertz CT molecular complexity index is 1160. The molecule has 0 radical (unpaired) electrons. The molecule has 5 nitrogen and oxygen atoms in total. The van der Waals surface area contributed by atoms with Crippen molar-refractivity contribution in [1.29, 1.82) is 5.26 Å². The number of aryl methyl sites for hydroxylation is 1. The van der Waals surface area contributed by atoms with Crippen LogP contribution in [0.1, 0.15) is 23.6 Å². The second kappa shape index (κ2) is 11.0. The van der Waals surface area contributed by atoms with Crippen LogP contribution in [0.4, 0.5) is 5.69 Å². The lowest BCUT2D eigenvalue weighted by atomic mass is 10.1. The predicted octanol–water partition coefficient (Wildman–Crippen LogP) is 6.04. The van der Waals surface area contributed by atoms with E-state index in [1.54, 1.807) is 31.4 Å². The molecule has 1 N–H and O–H groups in total. The Morgan fingerprint density at radius 1 is 1.12 bits per heavy atom. The molecular weight excluding hydrogens is 424 g/mol. The lowest BCUT2D eigenvalue weighted by Crippen LogP contribution is -2.13. The Balaban J connectivity index is 1.84. The van der Waals surface area contributed by atoms with Crippen LogP contribution >= 0.6 is 11.6 Å². The van der Waals surface area contributed by atoms with Gasteiger partial charge in [0, 0.05) is 27.9 Å². The molecule has 0 aliphatic rings. The molecule has 6 heteroatoms. The van der Waals surface area contributed by atoms with Gasteiger partial charge in [-0.3, -0.25) is 4.79 Å². The highest BCUT2D eigenvalue weighted by Gasteiger charge is 2.13. The van der Waals surface area contributed by atoms with E-state index in [0.29, 0.717) is 27.8 Å². The maximum absolute atomic E-state index is 12.7. The van der Waals surface area contributed by atoms with Crippen molar-refractivity contribution in [2.45, 2.75) is 20.0 Å². The Hall–Kier alpha value is -3.75. The molecule has 0 atom stereocenters. The number of ether oxygens (including phenoxy) is 2. The molecule has 162 valence electrons. The van der Waals surface area contributed by atoms with Gasteiger partial charge in [-0.25, -0.2) is 0 Å². The van der Waals surface area contributed by atoms with Crippen molar-refractivity contribution < 1.29 is 14.3 Å². The first-order valence-corrected chi connectivity index (χ1v) is 10.5. The number of nitriles is 1. The van der Waals surface area contributed by atoms with Gasteiger partial charge in [0.2, 0.25) is 0 Å². The molecule has 0 bridgehead atoms. The van der Waals surface area contributed by atoms with Crippen molar-refractivity contribution in [2.24, 2.45) is 0 Å². The largest absolute Gasteiger partial charge is 0.497 e. The maximum atomic E-state index is 12.7. The molecular formula is C26H23ClN2O3. The predicted molar refractivity (Wildman–Crippen MR) is 127 cm³/mol. The van der Waals surface area contributed by atoms with Crippen molar-refractivity contribution in [2.75, 3.05) is 12.4 Å². The molecule has 1 amide bonds. The normalized spacial score (nSPS) is 10.9. The quantitative estimate of drug-likeness (QED) is 0.338. The molecule has 0 aromatic heterocycles. The smallest absolute Gasteiger partial charge is 0.266 e. The minimum atomic E-state index is -0.496. The number of nitrogens with zero attached hydrogens (tertiary/aromatic N) is 1. The molecule has 0 aliphatic carbocycles. The first-order chi connectivity index (χ1) is 15.5. The average molecular weight is 447 g/mol. The number of halogens is 1. The molecule has 0 saturated heterocycles. The Kier molecular flexibility index (Phi) is 7.91. The zero-order chi connectivity index (χ0) is 22.9. The van der Waals surface area contributed by atoms with Gasteiger partial charge in [-0.05, 0) is 48.4 Å². The number of benzene rings is 3. The third kappa shape index (κ3) is 5.90. The minimum absolute atomic E-state index is 0.0441. The van der Waals surface area contributed by atoms with Crippen LogP contribution in [-0.2, 0) is 17.8 Å². The molecule has 0 spiro atoms. The van der Waals surface area contributed by atoms with Gasteiger partial charge < -0.3 is 14.8 Å². The summed E-state index contributed by atoms with van der Waals surface area (Å²) in [6, 6.07) is 22.1. The third-order valence-corrected chi connectivity index (χ3v) is 5.22. The first-order valence-electron chi connectivity index (χ1n) is 10.1. The SMILES string of the molecule is CCc1ccc(NC(=O)/C(C#N)=C/c2ccc(OC)cc2OCc2ccccc2Cl)cc1. The fraction of sp³-hybridized carbons (Fsp3) is 0.154. The van der Waals surface area contributed by atoms with Gasteiger partial charge in [-0.15, -0.1) is 0 Å². The second-order valence-corrected chi connectivity index (χ2v) is 7.37. The highest BCUT2D eigenvalue weighted by molar-refractivity contribution is 6.31. The van der Waals surface area contributed by atoms with Gasteiger partial charge >= 0.3 is 0 Å². The molecule has 0 saturated carbocycles. The van der Waals surface area contributed by atoms with Gasteiger partial charge in [-0.1, -0.05) is 48.9 Å². The zero-order valence-corrected chi connectivity index (χ0v) is 18.6. The number of anilines is 1. The minimum Gasteiger partial charge on any atom is -0.497 e. The number of methoxy groups -OCH3 is 1. The molecule has 0 aliphatic heterocycles. The van der Waals surface area contributed by atoms with Gasteiger partial charge in [0.05, 0.1) is 7.11 Å². The van der Waals surface area contributed by atoms with Gasteiger partial charge in [0.15, 0.2) is 0 Å². The fourth-order valence-corrected chi connectivity index (χ4v) is 3.17. The molecule has 3 aromatic rings. The molecule has 0 fully saturated rings. The van der Waals surface area contributed by atoms with Crippen LogP contribution in [-0.4, -0.2) is 13.0 Å². The van der Waals surface area contributed by atoms with Crippen molar-refractivity contribution >= 4 is 29.3 Å². The van der Waals surface area contributed by atoms with Gasteiger partial charge in [-0.2, -0.15) is 5.26 Å². The number of hydrogen-bond acceptors (Lipinski definition) is 4. The maximum Gasteiger partial charge on any atom is 0.266 e. The van der Waals surface area contributed by atoms with Crippen LogP contribution < -0.4 is 14.8 Å². The van der Waals surface area contributed by atoms with Crippen molar-refractivity contribution in [3.8, 4) is 17.6 Å². The summed E-state index contributed by atoms with van der Waals surface area (Å²) in [5, 5.41) is 12.9. The van der Waals surface area contributed by atoms with Crippen LogP contribution in [0.25, 0.3) is 6.08 Å². The van der Waals surface area contributed by atoms with E-state index < -0.39 is 5.91 Å². The first kappa shape index (κ1) is 22.9. The number of hydrogen-bond donors (Lipinski definition) is 1. The lowest BCUT2D eigenvalue weighted by Gasteiger charge is -2.12. The van der Waals surface area contributed by atoms with Crippen molar-refractivity contribution in [3.05, 3.63) is 94.0 Å². The van der Waals surface area contributed by atoms with E-state index in [9.17, 15) is 10.1 Å². The van der Waals surface area contributed by atoms with Gasteiger partial charge in [0.1, 0.15) is 29.7 Å². The molecule has 0 unspecified atom stereocenters. The van der Waals surface area contributed by atoms with E-state index in [1.165, 1.54) is 6.08 Å². The van der Waals surface area contributed by atoms with Gasteiger partial charge in [0.25, 0.3) is 5.91 Å². The highest BCUT2D eigenvalue weighted by atomic mass is 35.5. The molecule has 0 heterocycles. The summed E-state index contributed by atoms with van der Waals surface area (Å²) in [7, 11) is 1.56. The standard InChI is InChI=1S/C26H23ClN2O3/c1-3-18-8-11-22(12-9-18)29-26(30)21(16-28)14-19-10-13-23(31-2)15-25(19)32-17-20-6-4-5-7-24(20)27/h4-15H,3,17H2,1-2H3,(H,29,30)/b21-14+. The van der Waals surface area contributed by atoms with E-state index in [0.717, 1.165) is 17.5 Å². The second-order valence-electron chi connectivity index (χ2n) is 6.96. The monoisotopic (exact) mass is 446 g/mol. The van der Waals surface area contributed by atoms with Crippen LogP contribution in [0.3, 0.4) is 0 Å². The zero-order valence-electron chi connectivity index (χ0n) is 17.9. The molecule has 3 aromatic carbocycles. The summed E-state index contributed by atoms with van der Waals surface area (Å²) >= 11 is 6.22. The highest BCUT2D eigenvalue weighted by Crippen LogP contribution is 2.29. The Morgan fingerprint density at radius 2 is 1.88 bits per heavy atom. The summed E-state index contributed by atoms with van der Waals surface area (Å²) in [4.78, 5) is 12.7. The summed E-state index contributed by atoms with van der Waals surface area (Å²) in [6.45, 7) is 2.29. The lowest BCUT2D eigenvalue weighted by molar-refractivity contribution is -0.112. The molecule has 3 rings (SSSR count). The molecule has 32 heavy (non-hydrogen) atoms. The summed E-state index contributed by atoms with van der Waals surface area (Å²) in [5.41, 5.74) is 3.14. The van der Waals surface area contributed by atoms with Crippen molar-refractivity contribution in [3.63, 3.8) is 0 Å². The summed E-state index contributed by atoms with van der Waals surface area (Å²) in [6.07, 6.45) is 2.41. The average Bonchev–Trinajstić information content (AvgIpc) is 2.82. The number of amides is 1. The van der Waals surface area contributed by atoms with E-state index in [-0.39, 0.29) is 12.2 Å². The van der Waals surface area contributed by atoms with E-state index >= 15 is 0 Å². The summed E-state index contributed by atoms with van der Waals surface area (Å²) < 4.78 is 11.3. The van der Waals surface area contributed by atoms with E-state index in [2.05, 4.69) is 12.2 Å². The van der Waals surface area contributed by atoms with Crippen LogP contribution in [0.5, 0.6) is 11.5 Å². The summed E-state index contributed by atoms with van der Waals surface area (Å²) in [5.74, 6) is 0.567. The fourth-order valence-electron chi connectivity index (χ4n) is 2.98. The van der Waals surface area contributed by atoms with E-state index in [4.69, 9.17) is 21.1 Å². The number of carbonyl (C=O) groups excluding carboxylic acids is 1. The number of carbonyl (C=O) groups is 1. The van der Waals surface area contributed by atoms with Crippen LogP contribution in [0, 0.1) is 11.3 Å². The van der Waals surface area contributed by atoms with Crippen LogP contribution in [0.2, 0.25) is 5.02 Å². The number of nitrogens with one attached hydrogen (secondary N) is 1. The van der Waals surface area contributed by atoms with Crippen molar-refractivity contribution in [1.82, 2.24) is 0 Å². The van der Waals surface area contributed by atoms with E-state index in [1.807, 2.05) is 48.5 Å². The Morgan fingerprint density at radius 3 is 2.53 bits per heavy atom. The third-order valence-electron chi connectivity index (χ3n) is 4.85. The van der Waals surface area contributed by atoms with Crippen LogP contribution in [0.15, 0.2) is 72.3 Å². The Labute approximate surface area is 192 Å². The topological polar surface area (TPSA) is 71.4 Å².